The van der Waals surface area contributed by atoms with Gasteiger partial charge in [0.25, 0.3) is 6.47 Å². The number of hydrogen-bond donors (Lipinski definition) is 0. The van der Waals surface area contributed by atoms with E-state index in [9.17, 15) is 9.59 Å². The zero-order valence-electron chi connectivity index (χ0n) is 11.3. The van der Waals surface area contributed by atoms with Crippen LogP contribution >= 0.6 is 11.8 Å². The molecule has 0 radical (unpaired) electrons. The third-order valence-electron chi connectivity index (χ3n) is 4.81. The number of amides is 1. The Labute approximate surface area is 112 Å². The molecule has 5 heteroatoms. The Hall–Kier alpha value is -0.710. The maximum Gasteiger partial charge on any atom is 0.293 e. The fourth-order valence-electron chi connectivity index (χ4n) is 3.03. The van der Waals surface area contributed by atoms with Crippen molar-refractivity contribution in [1.82, 2.24) is 4.90 Å². The van der Waals surface area contributed by atoms with Crippen molar-refractivity contribution in [3.8, 4) is 0 Å². The molecule has 0 bridgehead atoms. The molecular formula is C13H21NO3S. The SMILES string of the molecule is CC1(OC=O)CCC(C(=O)N2CCSC2)C1(C)C. The second kappa shape index (κ2) is 4.76. The summed E-state index contributed by atoms with van der Waals surface area (Å²) in [6.45, 7) is 7.37. The standard InChI is InChI=1S/C13H21NO3S/c1-12(2)10(4-5-13(12,3)17-9-15)11(16)14-6-7-18-8-14/h9-10H,4-8H2,1-3H3. The van der Waals surface area contributed by atoms with Gasteiger partial charge in [-0.05, 0) is 19.8 Å². The van der Waals surface area contributed by atoms with E-state index in [1.807, 2.05) is 25.7 Å². The van der Waals surface area contributed by atoms with Gasteiger partial charge in [-0.1, -0.05) is 13.8 Å². The molecule has 2 fully saturated rings. The molecule has 1 aliphatic heterocycles. The maximum atomic E-state index is 12.5. The largest absolute Gasteiger partial charge is 0.461 e. The van der Waals surface area contributed by atoms with Crippen LogP contribution in [0.3, 0.4) is 0 Å². The van der Waals surface area contributed by atoms with Crippen LogP contribution in [-0.2, 0) is 14.3 Å². The van der Waals surface area contributed by atoms with E-state index in [2.05, 4.69) is 0 Å². The van der Waals surface area contributed by atoms with Crippen LogP contribution in [0.4, 0.5) is 0 Å². The highest BCUT2D eigenvalue weighted by molar-refractivity contribution is 7.99. The van der Waals surface area contributed by atoms with Crippen LogP contribution in [0.1, 0.15) is 33.6 Å². The van der Waals surface area contributed by atoms with Crippen molar-refractivity contribution in [2.24, 2.45) is 11.3 Å². The van der Waals surface area contributed by atoms with E-state index >= 15 is 0 Å². The third-order valence-corrected chi connectivity index (χ3v) is 5.78. The first-order valence-electron chi connectivity index (χ1n) is 6.40. The number of ether oxygens (including phenoxy) is 1. The van der Waals surface area contributed by atoms with Crippen LogP contribution < -0.4 is 0 Å². The Morgan fingerprint density at radius 3 is 2.72 bits per heavy atom. The van der Waals surface area contributed by atoms with Crippen LogP contribution in [0.15, 0.2) is 0 Å². The van der Waals surface area contributed by atoms with Gasteiger partial charge < -0.3 is 9.64 Å². The lowest BCUT2D eigenvalue weighted by Crippen LogP contribution is -2.47. The van der Waals surface area contributed by atoms with Crippen molar-refractivity contribution in [3.63, 3.8) is 0 Å². The second-order valence-corrected chi connectivity index (χ2v) is 6.97. The fraction of sp³-hybridized carbons (Fsp3) is 0.846. The maximum absolute atomic E-state index is 12.5. The van der Waals surface area contributed by atoms with E-state index in [1.165, 1.54) is 0 Å². The molecule has 2 aliphatic rings. The Balaban J connectivity index is 2.15. The van der Waals surface area contributed by atoms with E-state index < -0.39 is 5.60 Å². The van der Waals surface area contributed by atoms with Gasteiger partial charge in [0, 0.05) is 23.6 Å². The molecule has 102 valence electrons. The highest BCUT2D eigenvalue weighted by Gasteiger charge is 2.56. The van der Waals surface area contributed by atoms with E-state index in [4.69, 9.17) is 4.74 Å². The highest BCUT2D eigenvalue weighted by atomic mass is 32.2. The molecule has 2 unspecified atom stereocenters. The minimum atomic E-state index is -0.526. The highest BCUT2D eigenvalue weighted by Crippen LogP contribution is 2.52. The normalized spacial score (nSPS) is 34.6. The summed E-state index contributed by atoms with van der Waals surface area (Å²) in [5.41, 5.74) is -0.833. The summed E-state index contributed by atoms with van der Waals surface area (Å²) in [5.74, 6) is 2.02. The first-order valence-corrected chi connectivity index (χ1v) is 7.56. The Bertz CT molecular complexity index is 352. The molecule has 2 atom stereocenters. The molecule has 1 heterocycles. The number of carbonyl (C=O) groups excluding carboxylic acids is 2. The molecule has 1 saturated carbocycles. The van der Waals surface area contributed by atoms with Gasteiger partial charge in [0.2, 0.25) is 5.91 Å². The van der Waals surface area contributed by atoms with Gasteiger partial charge in [0.05, 0.1) is 5.88 Å². The summed E-state index contributed by atoms with van der Waals surface area (Å²) in [7, 11) is 0. The predicted octanol–water partition coefficient (Wildman–Crippen LogP) is 1.89. The first-order chi connectivity index (χ1) is 8.42. The van der Waals surface area contributed by atoms with Crippen LogP contribution in [0.5, 0.6) is 0 Å². The Morgan fingerprint density at radius 2 is 2.17 bits per heavy atom. The summed E-state index contributed by atoms with van der Waals surface area (Å²) >= 11 is 1.80. The molecule has 18 heavy (non-hydrogen) atoms. The van der Waals surface area contributed by atoms with Gasteiger partial charge >= 0.3 is 0 Å². The van der Waals surface area contributed by atoms with E-state index in [0.29, 0.717) is 6.47 Å². The molecule has 0 aromatic rings. The average molecular weight is 271 g/mol. The lowest BCUT2D eigenvalue weighted by atomic mass is 9.72. The summed E-state index contributed by atoms with van der Waals surface area (Å²) in [5, 5.41) is 0. The third kappa shape index (κ3) is 2.02. The van der Waals surface area contributed by atoms with E-state index in [1.54, 1.807) is 11.8 Å². The van der Waals surface area contributed by atoms with Gasteiger partial charge in [0.1, 0.15) is 5.60 Å². The van der Waals surface area contributed by atoms with Gasteiger partial charge in [-0.2, -0.15) is 0 Å². The first kappa shape index (κ1) is 13.7. The number of carbonyl (C=O) groups is 2. The van der Waals surface area contributed by atoms with E-state index in [0.717, 1.165) is 31.0 Å². The van der Waals surface area contributed by atoms with Crippen LogP contribution in [-0.4, -0.2) is 41.1 Å². The monoisotopic (exact) mass is 271 g/mol. The summed E-state index contributed by atoms with van der Waals surface area (Å²) in [6, 6.07) is 0. The minimum absolute atomic E-state index is 0.0406. The van der Waals surface area contributed by atoms with Gasteiger partial charge in [-0.15, -0.1) is 11.8 Å². The number of thioether (sulfide) groups is 1. The predicted molar refractivity (Wildman–Crippen MR) is 71.1 cm³/mol. The van der Waals surface area contributed by atoms with Gasteiger partial charge in [0.15, 0.2) is 0 Å². The lowest BCUT2D eigenvalue weighted by Gasteiger charge is -2.40. The second-order valence-electron chi connectivity index (χ2n) is 5.90. The molecule has 2 rings (SSSR count). The molecule has 1 saturated heterocycles. The smallest absolute Gasteiger partial charge is 0.293 e. The molecule has 4 nitrogen and oxygen atoms in total. The van der Waals surface area contributed by atoms with Crippen molar-refractivity contribution in [2.75, 3.05) is 18.2 Å². The number of hydrogen-bond acceptors (Lipinski definition) is 4. The van der Waals surface area contributed by atoms with E-state index in [-0.39, 0.29) is 17.2 Å². The summed E-state index contributed by atoms with van der Waals surface area (Å²) in [4.78, 5) is 25.1. The zero-order chi connectivity index (χ0) is 13.4. The van der Waals surface area contributed by atoms with Crippen molar-refractivity contribution < 1.29 is 14.3 Å². The van der Waals surface area contributed by atoms with Crippen molar-refractivity contribution in [3.05, 3.63) is 0 Å². The molecule has 0 aromatic carbocycles. The Morgan fingerprint density at radius 1 is 1.44 bits per heavy atom. The quantitative estimate of drug-likeness (QED) is 0.735. The zero-order valence-corrected chi connectivity index (χ0v) is 12.1. The molecule has 1 aliphatic carbocycles. The van der Waals surface area contributed by atoms with Gasteiger partial charge in [-0.3, -0.25) is 9.59 Å². The van der Waals surface area contributed by atoms with Crippen molar-refractivity contribution in [2.45, 2.75) is 39.2 Å². The molecule has 0 N–H and O–H groups in total. The van der Waals surface area contributed by atoms with Crippen LogP contribution in [0, 0.1) is 11.3 Å². The summed E-state index contributed by atoms with van der Waals surface area (Å²) in [6.07, 6.45) is 1.56. The minimum Gasteiger partial charge on any atom is -0.461 e. The molecule has 0 aromatic heterocycles. The molecule has 0 spiro atoms. The summed E-state index contributed by atoms with van der Waals surface area (Å²) < 4.78 is 5.29. The molecular weight excluding hydrogens is 250 g/mol. The lowest BCUT2D eigenvalue weighted by molar-refractivity contribution is -0.158. The number of nitrogens with zero attached hydrogens (tertiary/aromatic N) is 1. The molecule has 1 amide bonds. The Kier molecular flexibility index (Phi) is 3.63. The average Bonchev–Trinajstić information content (AvgIpc) is 2.88. The number of rotatable bonds is 3. The van der Waals surface area contributed by atoms with Gasteiger partial charge in [-0.25, -0.2) is 0 Å². The van der Waals surface area contributed by atoms with Crippen LogP contribution in [0.25, 0.3) is 0 Å². The topological polar surface area (TPSA) is 46.6 Å². The fourth-order valence-corrected chi connectivity index (χ4v) is 3.98. The van der Waals surface area contributed by atoms with Crippen molar-refractivity contribution in [1.29, 1.82) is 0 Å². The van der Waals surface area contributed by atoms with Crippen molar-refractivity contribution >= 4 is 24.1 Å². The van der Waals surface area contributed by atoms with Crippen LogP contribution in [0.2, 0.25) is 0 Å².